The summed E-state index contributed by atoms with van der Waals surface area (Å²) in [7, 11) is 0. The molecule has 0 amide bonds. The second-order valence-corrected chi connectivity index (χ2v) is 2.64. The summed E-state index contributed by atoms with van der Waals surface area (Å²) in [6.07, 6.45) is 4.36. The van der Waals surface area contributed by atoms with Crippen molar-refractivity contribution in [1.82, 2.24) is 6.15 Å². The topological polar surface area (TPSA) is 53.1 Å². The second kappa shape index (κ2) is 4.67. The van der Waals surface area contributed by atoms with Gasteiger partial charge >= 0.3 is 0 Å². The third kappa shape index (κ3) is 1.72. The lowest BCUT2D eigenvalue weighted by Gasteiger charge is -1.92. The molecule has 0 radical (unpaired) electrons. The van der Waals surface area contributed by atoms with Crippen LogP contribution in [0, 0.1) is 0 Å². The van der Waals surface area contributed by atoms with E-state index in [0.29, 0.717) is 0 Å². The smallest absolute Gasteiger partial charge is 0.138 e. The van der Waals surface area contributed by atoms with E-state index in [1.165, 1.54) is 22.5 Å². The average molecular weight is 209 g/mol. The largest absolute Gasteiger partial charge is 1.00 e. The zero-order chi connectivity index (χ0) is 6.43. The quantitative estimate of drug-likeness (QED) is 0.402. The van der Waals surface area contributed by atoms with Gasteiger partial charge in [0, 0.05) is 23.3 Å². The van der Waals surface area contributed by atoms with Crippen LogP contribution in [-0.4, -0.2) is 0 Å². The van der Waals surface area contributed by atoms with Crippen molar-refractivity contribution in [2.45, 2.75) is 13.8 Å². The van der Waals surface area contributed by atoms with Gasteiger partial charge in [-0.2, -0.15) is 0 Å². The van der Waals surface area contributed by atoms with Gasteiger partial charge in [-0.05, 0) is 13.8 Å². The summed E-state index contributed by atoms with van der Waals surface area (Å²) < 4.78 is 0. The van der Waals surface area contributed by atoms with Crippen molar-refractivity contribution in [2.75, 3.05) is 0 Å². The Balaban J connectivity index is 0. The van der Waals surface area contributed by atoms with Crippen LogP contribution in [0.3, 0.4) is 0 Å². The van der Waals surface area contributed by atoms with E-state index in [-0.39, 0.29) is 31.0 Å². The fourth-order valence-corrected chi connectivity index (χ4v) is 1.34. The highest BCUT2D eigenvalue weighted by Gasteiger charge is 2.24. The molecule has 2 aliphatic rings. The Hall–Kier alpha value is -0.280. The second-order valence-electron chi connectivity index (χ2n) is 2.64. The lowest BCUT2D eigenvalue weighted by molar-refractivity contribution is -0.535. The van der Waals surface area contributed by atoms with Crippen molar-refractivity contribution >= 4 is 0 Å². The maximum absolute atomic E-state index is 2.24. The van der Waals surface area contributed by atoms with Crippen molar-refractivity contribution in [1.29, 1.82) is 0 Å². The Labute approximate surface area is 85.2 Å². The van der Waals surface area contributed by atoms with Gasteiger partial charge in [0.1, 0.15) is 11.4 Å². The van der Waals surface area contributed by atoms with Gasteiger partial charge in [0.2, 0.25) is 0 Å². The molecule has 0 aromatic rings. The predicted octanol–water partition coefficient (Wildman–Crippen LogP) is -4.93. The van der Waals surface area contributed by atoms with Crippen LogP contribution in [0.25, 0.3) is 0 Å². The van der Waals surface area contributed by atoms with Gasteiger partial charge in [0.05, 0.1) is 0 Å². The van der Waals surface area contributed by atoms with Gasteiger partial charge in [0.25, 0.3) is 0 Å². The molecule has 70 valence electrons. The summed E-state index contributed by atoms with van der Waals surface area (Å²) in [4.78, 5) is 0. The SMILES string of the molecule is CC1=C2C=CC(=C1C)[NH2+]2.[Cl-].[Cl-].[NH4+]. The predicted molar refractivity (Wildman–Crippen MR) is 42.5 cm³/mol. The molecule has 0 aromatic heterocycles. The molecule has 4 heteroatoms. The van der Waals surface area contributed by atoms with Crippen LogP contribution in [0.4, 0.5) is 0 Å². The van der Waals surface area contributed by atoms with Gasteiger partial charge in [-0.25, -0.2) is 0 Å². The zero-order valence-corrected chi connectivity index (χ0v) is 9.00. The highest BCUT2D eigenvalue weighted by Crippen LogP contribution is 2.23. The van der Waals surface area contributed by atoms with Gasteiger partial charge in [-0.15, -0.1) is 0 Å². The molecule has 0 saturated heterocycles. The molecule has 0 fully saturated rings. The Kier molecular flexibility index (Phi) is 5.55. The molecular formula is C8H14Cl2N2. The molecule has 2 aliphatic heterocycles. The van der Waals surface area contributed by atoms with E-state index in [1.54, 1.807) is 0 Å². The summed E-state index contributed by atoms with van der Waals surface area (Å²) in [6, 6.07) is 0. The van der Waals surface area contributed by atoms with E-state index in [0.717, 1.165) is 0 Å². The Morgan fingerprint density at radius 3 is 1.42 bits per heavy atom. The Bertz CT molecular complexity index is 238. The van der Waals surface area contributed by atoms with Crippen LogP contribution < -0.4 is 36.3 Å². The van der Waals surface area contributed by atoms with Crippen molar-refractivity contribution in [3.05, 3.63) is 34.7 Å². The van der Waals surface area contributed by atoms with Gasteiger partial charge in [0.15, 0.2) is 0 Å². The fourth-order valence-electron chi connectivity index (χ4n) is 1.34. The number of hydrogen-bond acceptors (Lipinski definition) is 0. The molecular weight excluding hydrogens is 195 g/mol. The molecule has 2 rings (SSSR count). The molecule has 2 heterocycles. The molecule has 0 unspecified atom stereocenters. The Morgan fingerprint density at radius 2 is 1.25 bits per heavy atom. The van der Waals surface area contributed by atoms with E-state index in [9.17, 15) is 0 Å². The minimum atomic E-state index is 0. The number of halogens is 2. The van der Waals surface area contributed by atoms with Crippen LogP contribution in [0.15, 0.2) is 34.7 Å². The van der Waals surface area contributed by atoms with Crippen LogP contribution >= 0.6 is 0 Å². The van der Waals surface area contributed by atoms with E-state index < -0.39 is 0 Å². The molecule has 0 aliphatic carbocycles. The summed E-state index contributed by atoms with van der Waals surface area (Å²) in [5, 5.41) is 2.24. The van der Waals surface area contributed by atoms with Crippen LogP contribution in [-0.2, 0) is 0 Å². The van der Waals surface area contributed by atoms with E-state index >= 15 is 0 Å². The first-order chi connectivity index (χ1) is 4.29. The number of hydrogen-bond donors (Lipinski definition) is 2. The third-order valence-electron chi connectivity index (χ3n) is 2.18. The summed E-state index contributed by atoms with van der Waals surface area (Å²) in [5.41, 5.74) is 5.71. The lowest BCUT2D eigenvalue weighted by atomic mass is 10.1. The first-order valence-electron chi connectivity index (χ1n) is 3.24. The maximum atomic E-state index is 2.24. The monoisotopic (exact) mass is 208 g/mol. The molecule has 12 heavy (non-hydrogen) atoms. The minimum absolute atomic E-state index is 0. The van der Waals surface area contributed by atoms with Crippen LogP contribution in [0.1, 0.15) is 13.8 Å². The summed E-state index contributed by atoms with van der Waals surface area (Å²) in [5.74, 6) is 0. The number of allylic oxidation sites excluding steroid dienone is 4. The van der Waals surface area contributed by atoms with E-state index in [1.807, 2.05) is 0 Å². The molecule has 6 N–H and O–H groups in total. The minimum Gasteiger partial charge on any atom is -1.00 e. The number of rotatable bonds is 0. The number of nitrogens with two attached hydrogens (primary N) is 1. The van der Waals surface area contributed by atoms with Crippen molar-refractivity contribution < 1.29 is 30.1 Å². The highest BCUT2D eigenvalue weighted by atomic mass is 35.5. The van der Waals surface area contributed by atoms with Gasteiger partial charge in [-0.3, -0.25) is 5.32 Å². The normalized spacial score (nSPS) is 17.2. The highest BCUT2D eigenvalue weighted by molar-refractivity contribution is 5.48. The summed E-state index contributed by atoms with van der Waals surface area (Å²) >= 11 is 0. The van der Waals surface area contributed by atoms with Gasteiger partial charge < -0.3 is 31.0 Å². The van der Waals surface area contributed by atoms with Crippen molar-refractivity contribution in [3.63, 3.8) is 0 Å². The summed E-state index contributed by atoms with van der Waals surface area (Å²) in [6.45, 7) is 4.36. The first-order valence-corrected chi connectivity index (χ1v) is 3.24. The lowest BCUT2D eigenvalue weighted by Crippen LogP contribution is -3.00. The molecule has 0 spiro atoms. The molecule has 2 bridgehead atoms. The maximum Gasteiger partial charge on any atom is 0.138 e. The number of fused-ring (bicyclic) bond motifs is 2. The van der Waals surface area contributed by atoms with E-state index in [4.69, 9.17) is 0 Å². The van der Waals surface area contributed by atoms with E-state index in [2.05, 4.69) is 31.3 Å². The first kappa shape index (κ1) is 14.3. The average Bonchev–Trinajstić information content (AvgIpc) is 2.37. The Morgan fingerprint density at radius 1 is 0.917 bits per heavy atom. The zero-order valence-electron chi connectivity index (χ0n) is 7.49. The standard InChI is InChI=1S/C8H9N.2ClH.H3N/c1-5-6(2)8-4-3-7(5)9-8;;;/h3-4,9H,1-2H3;2*1H;1H3. The fraction of sp³-hybridized carbons (Fsp3) is 0.250. The molecule has 0 atom stereocenters. The van der Waals surface area contributed by atoms with Crippen LogP contribution in [0.5, 0.6) is 0 Å². The van der Waals surface area contributed by atoms with Crippen molar-refractivity contribution in [3.8, 4) is 0 Å². The molecule has 0 aromatic carbocycles. The van der Waals surface area contributed by atoms with Gasteiger partial charge in [-0.1, -0.05) is 0 Å². The molecule has 0 saturated carbocycles. The third-order valence-corrected chi connectivity index (χ3v) is 2.18. The van der Waals surface area contributed by atoms with Crippen LogP contribution in [0.2, 0.25) is 0 Å². The number of quaternary nitrogens is 2. The van der Waals surface area contributed by atoms with Crippen molar-refractivity contribution in [2.24, 2.45) is 0 Å². The molecule has 2 nitrogen and oxygen atoms in total.